The minimum atomic E-state index is -0.296. The van der Waals surface area contributed by atoms with E-state index >= 15 is 0 Å². The summed E-state index contributed by atoms with van der Waals surface area (Å²) in [5.41, 5.74) is 0. The average molecular weight is 228 g/mol. The molecule has 16 heavy (non-hydrogen) atoms. The second-order valence-corrected chi connectivity index (χ2v) is 4.25. The molecule has 2 fully saturated rings. The molecule has 2 heterocycles. The highest BCUT2D eigenvalue weighted by Gasteiger charge is 2.18. The van der Waals surface area contributed by atoms with Crippen LogP contribution >= 0.6 is 0 Å². The van der Waals surface area contributed by atoms with Crippen molar-refractivity contribution < 1.29 is 9.53 Å². The number of ether oxygens (including phenoxy) is 1. The molecule has 94 valence electrons. The third-order valence-electron chi connectivity index (χ3n) is 3.23. The fraction of sp³-hybridized carbons (Fsp3) is 0.917. The van der Waals surface area contributed by atoms with E-state index in [0.29, 0.717) is 13.2 Å². The number of cyclic esters (lactones) is 1. The number of alkyl carbamates (subject to hydrolysis) is 1. The van der Waals surface area contributed by atoms with Gasteiger partial charge in [-0.1, -0.05) is 20.3 Å². The highest BCUT2D eigenvalue weighted by molar-refractivity contribution is 5.68. The van der Waals surface area contributed by atoms with Gasteiger partial charge in [0.15, 0.2) is 0 Å². The van der Waals surface area contributed by atoms with Gasteiger partial charge in [0.25, 0.3) is 0 Å². The highest BCUT2D eigenvalue weighted by atomic mass is 16.6. The smallest absolute Gasteiger partial charge is 0.407 e. The summed E-state index contributed by atoms with van der Waals surface area (Å²) in [5.74, 6) is 0. The van der Waals surface area contributed by atoms with E-state index in [-0.39, 0.29) is 6.09 Å². The zero-order valence-corrected chi connectivity index (χ0v) is 10.5. The van der Waals surface area contributed by atoms with Gasteiger partial charge in [0, 0.05) is 6.04 Å². The number of hydrogen-bond acceptors (Lipinski definition) is 3. The SMILES string of the molecule is CCC1CCCCN1CC.O=C1NCCO1. The largest absolute Gasteiger partial charge is 0.448 e. The molecule has 0 aromatic heterocycles. The lowest BCUT2D eigenvalue weighted by atomic mass is 10.0. The summed E-state index contributed by atoms with van der Waals surface area (Å²) in [6.07, 6.45) is 5.35. The standard InChI is InChI=1S/C9H19N.C3H5NO2/c1-3-9-7-5-6-8-10(9)4-2;5-3-4-1-2-6-3/h9H,3-8H2,1-2H3;1-2H2,(H,4,5). The van der Waals surface area contributed by atoms with E-state index in [0.717, 1.165) is 6.04 Å². The molecular formula is C12H24N2O2. The summed E-state index contributed by atoms with van der Waals surface area (Å²) in [4.78, 5) is 12.5. The van der Waals surface area contributed by atoms with Crippen molar-refractivity contribution in [3.05, 3.63) is 0 Å². The number of likely N-dealkylation sites (tertiary alicyclic amines) is 1. The lowest BCUT2D eigenvalue weighted by Crippen LogP contribution is -2.38. The fourth-order valence-electron chi connectivity index (χ4n) is 2.29. The van der Waals surface area contributed by atoms with Crippen molar-refractivity contribution in [3.8, 4) is 0 Å². The summed E-state index contributed by atoms with van der Waals surface area (Å²) in [6.45, 7) is 8.36. The Labute approximate surface area is 98.3 Å². The Morgan fingerprint density at radius 2 is 2.25 bits per heavy atom. The number of nitrogens with zero attached hydrogens (tertiary/aromatic N) is 1. The van der Waals surface area contributed by atoms with Gasteiger partial charge in [-0.15, -0.1) is 0 Å². The maximum atomic E-state index is 9.91. The quantitative estimate of drug-likeness (QED) is 0.786. The van der Waals surface area contributed by atoms with Crippen molar-refractivity contribution in [2.75, 3.05) is 26.2 Å². The molecule has 0 aromatic rings. The second kappa shape index (κ2) is 7.49. The van der Waals surface area contributed by atoms with E-state index in [1.807, 2.05) is 0 Å². The van der Waals surface area contributed by atoms with Crippen LogP contribution in [0.2, 0.25) is 0 Å². The lowest BCUT2D eigenvalue weighted by Gasteiger charge is -2.34. The molecule has 1 unspecified atom stereocenters. The van der Waals surface area contributed by atoms with Crippen molar-refractivity contribution in [2.24, 2.45) is 0 Å². The Morgan fingerprint density at radius 3 is 2.62 bits per heavy atom. The molecular weight excluding hydrogens is 204 g/mol. The number of amides is 1. The first kappa shape index (κ1) is 13.3. The molecule has 1 N–H and O–H groups in total. The maximum Gasteiger partial charge on any atom is 0.407 e. The van der Waals surface area contributed by atoms with Crippen LogP contribution in [-0.4, -0.2) is 43.3 Å². The van der Waals surface area contributed by atoms with Crippen molar-refractivity contribution >= 4 is 6.09 Å². The Morgan fingerprint density at radius 1 is 1.44 bits per heavy atom. The van der Waals surface area contributed by atoms with E-state index in [1.165, 1.54) is 38.8 Å². The predicted octanol–water partition coefficient (Wildman–Crippen LogP) is 2.00. The van der Waals surface area contributed by atoms with Crippen LogP contribution < -0.4 is 5.32 Å². The number of nitrogens with one attached hydrogen (secondary N) is 1. The number of carbonyl (C=O) groups is 1. The number of rotatable bonds is 2. The first-order valence-corrected chi connectivity index (χ1v) is 6.42. The molecule has 1 atom stereocenters. The van der Waals surface area contributed by atoms with E-state index in [9.17, 15) is 4.79 Å². The number of carbonyl (C=O) groups excluding carboxylic acids is 1. The lowest BCUT2D eigenvalue weighted by molar-refractivity contribution is 0.152. The molecule has 2 saturated heterocycles. The van der Waals surface area contributed by atoms with Gasteiger partial charge in [-0.2, -0.15) is 0 Å². The Hall–Kier alpha value is -0.770. The highest BCUT2D eigenvalue weighted by Crippen LogP contribution is 2.18. The van der Waals surface area contributed by atoms with Gasteiger partial charge in [0.2, 0.25) is 0 Å². The van der Waals surface area contributed by atoms with Crippen LogP contribution in [0.4, 0.5) is 4.79 Å². The van der Waals surface area contributed by atoms with Gasteiger partial charge >= 0.3 is 6.09 Å². The molecule has 0 saturated carbocycles. The molecule has 2 rings (SSSR count). The summed E-state index contributed by atoms with van der Waals surface area (Å²) < 4.78 is 4.40. The van der Waals surface area contributed by atoms with Gasteiger partial charge in [-0.3, -0.25) is 0 Å². The molecule has 4 nitrogen and oxygen atoms in total. The van der Waals surface area contributed by atoms with Crippen LogP contribution in [0.1, 0.15) is 39.5 Å². The minimum absolute atomic E-state index is 0.296. The van der Waals surface area contributed by atoms with Crippen LogP contribution in [0.3, 0.4) is 0 Å². The van der Waals surface area contributed by atoms with Crippen LogP contribution in [0.25, 0.3) is 0 Å². The first-order chi connectivity index (χ1) is 7.77. The first-order valence-electron chi connectivity index (χ1n) is 6.42. The predicted molar refractivity (Wildman–Crippen MR) is 64.5 cm³/mol. The molecule has 0 spiro atoms. The molecule has 0 aromatic carbocycles. The molecule has 0 aliphatic carbocycles. The van der Waals surface area contributed by atoms with E-state index in [4.69, 9.17) is 0 Å². The van der Waals surface area contributed by atoms with E-state index < -0.39 is 0 Å². The zero-order chi connectivity index (χ0) is 11.8. The summed E-state index contributed by atoms with van der Waals surface area (Å²) in [5, 5.41) is 2.46. The van der Waals surface area contributed by atoms with Crippen LogP contribution in [0.15, 0.2) is 0 Å². The van der Waals surface area contributed by atoms with Crippen molar-refractivity contribution in [3.63, 3.8) is 0 Å². The van der Waals surface area contributed by atoms with Crippen LogP contribution in [0, 0.1) is 0 Å². The van der Waals surface area contributed by atoms with Gasteiger partial charge in [0.05, 0.1) is 6.54 Å². The van der Waals surface area contributed by atoms with E-state index in [2.05, 4.69) is 28.8 Å². The maximum absolute atomic E-state index is 9.91. The normalized spacial score (nSPS) is 25.4. The summed E-state index contributed by atoms with van der Waals surface area (Å²) in [6, 6.07) is 0.902. The Kier molecular flexibility index (Phi) is 6.23. The number of piperidine rings is 1. The summed E-state index contributed by atoms with van der Waals surface area (Å²) in [7, 11) is 0. The topological polar surface area (TPSA) is 41.6 Å². The molecule has 2 aliphatic rings. The Balaban J connectivity index is 0.000000181. The van der Waals surface area contributed by atoms with Crippen LogP contribution in [0.5, 0.6) is 0 Å². The second-order valence-electron chi connectivity index (χ2n) is 4.25. The monoisotopic (exact) mass is 228 g/mol. The molecule has 4 heteroatoms. The van der Waals surface area contributed by atoms with Crippen LogP contribution in [-0.2, 0) is 4.74 Å². The molecule has 1 amide bonds. The molecule has 2 aliphatic heterocycles. The zero-order valence-electron chi connectivity index (χ0n) is 10.5. The Bertz CT molecular complexity index is 189. The van der Waals surface area contributed by atoms with Gasteiger partial charge < -0.3 is 15.0 Å². The number of hydrogen-bond donors (Lipinski definition) is 1. The fourth-order valence-corrected chi connectivity index (χ4v) is 2.29. The molecule has 0 radical (unpaired) electrons. The van der Waals surface area contributed by atoms with Gasteiger partial charge in [0.1, 0.15) is 6.61 Å². The third kappa shape index (κ3) is 4.39. The van der Waals surface area contributed by atoms with Crippen molar-refractivity contribution in [1.82, 2.24) is 10.2 Å². The van der Waals surface area contributed by atoms with E-state index in [1.54, 1.807) is 0 Å². The third-order valence-corrected chi connectivity index (χ3v) is 3.23. The van der Waals surface area contributed by atoms with Crippen molar-refractivity contribution in [2.45, 2.75) is 45.6 Å². The molecule has 0 bridgehead atoms. The van der Waals surface area contributed by atoms with Gasteiger partial charge in [-0.25, -0.2) is 4.79 Å². The average Bonchev–Trinajstić information content (AvgIpc) is 2.81. The summed E-state index contributed by atoms with van der Waals surface area (Å²) >= 11 is 0. The van der Waals surface area contributed by atoms with Gasteiger partial charge in [-0.05, 0) is 32.4 Å². The minimum Gasteiger partial charge on any atom is -0.448 e. The van der Waals surface area contributed by atoms with Crippen molar-refractivity contribution in [1.29, 1.82) is 0 Å².